The lowest BCUT2D eigenvalue weighted by atomic mass is 9.95. The lowest BCUT2D eigenvalue weighted by molar-refractivity contribution is -0.120. The molecule has 0 bridgehead atoms. The molecule has 2 atom stereocenters. The number of amides is 1. The SMILES string of the molecule is Cl.Cl.NC[C@H]1CCC[C@H]1C(=O)Nc1cc(Br)ccc1NC1CC1. The third kappa shape index (κ3) is 5.24. The van der Waals surface area contributed by atoms with E-state index in [1.54, 1.807) is 0 Å². The summed E-state index contributed by atoms with van der Waals surface area (Å²) >= 11 is 3.48. The van der Waals surface area contributed by atoms with Gasteiger partial charge in [0.2, 0.25) is 5.91 Å². The van der Waals surface area contributed by atoms with Gasteiger partial charge in [0.05, 0.1) is 11.4 Å². The molecule has 0 unspecified atom stereocenters. The molecule has 0 radical (unpaired) electrons. The summed E-state index contributed by atoms with van der Waals surface area (Å²) in [6.45, 7) is 0.601. The minimum absolute atomic E-state index is 0. The largest absolute Gasteiger partial charge is 0.381 e. The Balaban J connectivity index is 0.00000132. The number of hydrogen-bond acceptors (Lipinski definition) is 3. The highest BCUT2D eigenvalue weighted by atomic mass is 79.9. The molecule has 1 aromatic rings. The molecule has 2 saturated carbocycles. The van der Waals surface area contributed by atoms with Crippen LogP contribution in [0.15, 0.2) is 22.7 Å². The van der Waals surface area contributed by atoms with Crippen molar-refractivity contribution in [2.24, 2.45) is 17.6 Å². The fourth-order valence-corrected chi connectivity index (χ4v) is 3.44. The highest BCUT2D eigenvalue weighted by molar-refractivity contribution is 9.10. The third-order valence-electron chi connectivity index (χ3n) is 4.48. The molecule has 3 rings (SSSR count). The molecule has 0 aromatic heterocycles. The van der Waals surface area contributed by atoms with Gasteiger partial charge >= 0.3 is 0 Å². The van der Waals surface area contributed by atoms with Crippen LogP contribution in [0.5, 0.6) is 0 Å². The smallest absolute Gasteiger partial charge is 0.227 e. The summed E-state index contributed by atoms with van der Waals surface area (Å²) in [4.78, 5) is 12.5. The molecule has 130 valence electrons. The van der Waals surface area contributed by atoms with E-state index in [1.165, 1.54) is 12.8 Å². The lowest BCUT2D eigenvalue weighted by Crippen LogP contribution is -2.30. The molecule has 2 aliphatic rings. The molecule has 0 saturated heterocycles. The van der Waals surface area contributed by atoms with Crippen molar-refractivity contribution >= 4 is 58.0 Å². The third-order valence-corrected chi connectivity index (χ3v) is 4.97. The molecule has 1 aromatic carbocycles. The van der Waals surface area contributed by atoms with E-state index in [1.807, 2.05) is 18.2 Å². The first-order chi connectivity index (χ1) is 10.2. The Kier molecular flexibility index (Phi) is 8.14. The second-order valence-corrected chi connectivity index (χ2v) is 7.05. The number of carbonyl (C=O) groups is 1. The van der Waals surface area contributed by atoms with Gasteiger partial charge < -0.3 is 16.4 Å². The predicted molar refractivity (Wildman–Crippen MR) is 104 cm³/mol. The lowest BCUT2D eigenvalue weighted by Gasteiger charge is -2.19. The summed E-state index contributed by atoms with van der Waals surface area (Å²) in [5.41, 5.74) is 7.66. The zero-order valence-corrected chi connectivity index (χ0v) is 16.1. The number of nitrogens with one attached hydrogen (secondary N) is 2. The maximum absolute atomic E-state index is 12.5. The van der Waals surface area contributed by atoms with E-state index < -0.39 is 0 Å². The maximum Gasteiger partial charge on any atom is 0.227 e. The Morgan fingerprint density at radius 2 is 1.91 bits per heavy atom. The second kappa shape index (κ2) is 9.11. The molecule has 23 heavy (non-hydrogen) atoms. The number of carbonyl (C=O) groups excluding carboxylic acids is 1. The summed E-state index contributed by atoms with van der Waals surface area (Å²) in [5, 5.41) is 6.58. The van der Waals surface area contributed by atoms with Gasteiger partial charge in [0, 0.05) is 16.4 Å². The van der Waals surface area contributed by atoms with Gasteiger partial charge in [-0.15, -0.1) is 24.8 Å². The minimum atomic E-state index is 0. The van der Waals surface area contributed by atoms with Crippen molar-refractivity contribution in [3.8, 4) is 0 Å². The van der Waals surface area contributed by atoms with E-state index in [0.29, 0.717) is 18.5 Å². The molecule has 7 heteroatoms. The van der Waals surface area contributed by atoms with Gasteiger partial charge in [-0.3, -0.25) is 4.79 Å². The normalized spacial score (nSPS) is 22.7. The Labute approximate surface area is 158 Å². The van der Waals surface area contributed by atoms with Gasteiger partial charge in [0.15, 0.2) is 0 Å². The van der Waals surface area contributed by atoms with E-state index in [9.17, 15) is 4.79 Å². The van der Waals surface area contributed by atoms with E-state index in [4.69, 9.17) is 5.73 Å². The van der Waals surface area contributed by atoms with Crippen molar-refractivity contribution in [3.05, 3.63) is 22.7 Å². The van der Waals surface area contributed by atoms with Crippen molar-refractivity contribution in [2.75, 3.05) is 17.2 Å². The number of hydrogen-bond donors (Lipinski definition) is 3. The number of rotatable bonds is 5. The zero-order valence-electron chi connectivity index (χ0n) is 12.9. The highest BCUT2D eigenvalue weighted by Gasteiger charge is 2.32. The molecular weight excluding hydrogens is 401 g/mol. The fourth-order valence-electron chi connectivity index (χ4n) is 3.08. The topological polar surface area (TPSA) is 67.2 Å². The standard InChI is InChI=1S/C16H22BrN3O.2ClH/c17-11-4-7-14(19-12-5-6-12)15(8-11)20-16(21)13-3-1-2-10(13)9-18;;/h4,7-8,10,12-13,19H,1-3,5-6,9,18H2,(H,20,21);2*1H/t10-,13-;;/m1../s1. The van der Waals surface area contributed by atoms with Crippen molar-refractivity contribution in [1.82, 2.24) is 0 Å². The monoisotopic (exact) mass is 423 g/mol. The van der Waals surface area contributed by atoms with Crippen LogP contribution in [0.4, 0.5) is 11.4 Å². The van der Waals surface area contributed by atoms with Crippen molar-refractivity contribution in [1.29, 1.82) is 0 Å². The summed E-state index contributed by atoms with van der Waals surface area (Å²) < 4.78 is 0.973. The second-order valence-electron chi connectivity index (χ2n) is 6.13. The summed E-state index contributed by atoms with van der Waals surface area (Å²) in [7, 11) is 0. The molecule has 4 nitrogen and oxygen atoms in total. The average molecular weight is 425 g/mol. The van der Waals surface area contributed by atoms with Crippen LogP contribution in [0.1, 0.15) is 32.1 Å². The van der Waals surface area contributed by atoms with Crippen molar-refractivity contribution in [3.63, 3.8) is 0 Å². The van der Waals surface area contributed by atoms with Crippen LogP contribution in [-0.2, 0) is 4.79 Å². The van der Waals surface area contributed by atoms with Crippen LogP contribution >= 0.6 is 40.7 Å². The van der Waals surface area contributed by atoms with Gasteiger partial charge in [0.25, 0.3) is 0 Å². The number of nitrogens with two attached hydrogens (primary N) is 1. The summed E-state index contributed by atoms with van der Waals surface area (Å²) in [6, 6.07) is 6.55. The van der Waals surface area contributed by atoms with Crippen molar-refractivity contribution < 1.29 is 4.79 Å². The zero-order chi connectivity index (χ0) is 14.8. The Morgan fingerprint density at radius 1 is 1.17 bits per heavy atom. The molecule has 2 aliphatic carbocycles. The Hall–Kier alpha value is -0.490. The van der Waals surface area contributed by atoms with Gasteiger partial charge in [-0.05, 0) is 56.3 Å². The van der Waals surface area contributed by atoms with E-state index in [0.717, 1.165) is 35.1 Å². The van der Waals surface area contributed by atoms with Crippen LogP contribution in [0.25, 0.3) is 0 Å². The maximum atomic E-state index is 12.5. The molecule has 4 N–H and O–H groups in total. The first-order valence-corrected chi connectivity index (χ1v) is 8.53. The van der Waals surface area contributed by atoms with Gasteiger partial charge in [-0.1, -0.05) is 22.4 Å². The Bertz CT molecular complexity index is 540. The first-order valence-electron chi connectivity index (χ1n) is 7.74. The summed E-state index contributed by atoms with van der Waals surface area (Å²) in [6.07, 6.45) is 5.54. The van der Waals surface area contributed by atoms with Crippen LogP contribution in [0.2, 0.25) is 0 Å². The average Bonchev–Trinajstić information content (AvgIpc) is 3.15. The Morgan fingerprint density at radius 3 is 2.57 bits per heavy atom. The molecule has 2 fully saturated rings. The minimum Gasteiger partial charge on any atom is -0.381 e. The number of benzene rings is 1. The molecule has 0 heterocycles. The van der Waals surface area contributed by atoms with Gasteiger partial charge in [-0.25, -0.2) is 0 Å². The quantitative estimate of drug-likeness (QED) is 0.663. The van der Waals surface area contributed by atoms with Crippen molar-refractivity contribution in [2.45, 2.75) is 38.1 Å². The highest BCUT2D eigenvalue weighted by Crippen LogP contribution is 2.35. The van der Waals surface area contributed by atoms with Crippen LogP contribution < -0.4 is 16.4 Å². The fraction of sp³-hybridized carbons (Fsp3) is 0.562. The van der Waals surface area contributed by atoms with Gasteiger partial charge in [-0.2, -0.15) is 0 Å². The number of halogens is 3. The van der Waals surface area contributed by atoms with Crippen LogP contribution in [0.3, 0.4) is 0 Å². The van der Waals surface area contributed by atoms with Crippen LogP contribution in [0, 0.1) is 11.8 Å². The van der Waals surface area contributed by atoms with E-state index in [-0.39, 0.29) is 36.6 Å². The first kappa shape index (κ1) is 20.6. The van der Waals surface area contributed by atoms with E-state index in [2.05, 4.69) is 26.6 Å². The van der Waals surface area contributed by atoms with Crippen LogP contribution in [-0.4, -0.2) is 18.5 Å². The van der Waals surface area contributed by atoms with Gasteiger partial charge in [0.1, 0.15) is 0 Å². The molecule has 1 amide bonds. The molecular formula is C16H24BrCl2N3O. The molecule has 0 spiro atoms. The predicted octanol–water partition coefficient (Wildman–Crippen LogP) is 4.18. The van der Waals surface area contributed by atoms with E-state index >= 15 is 0 Å². The molecule has 0 aliphatic heterocycles. The number of anilines is 2. The summed E-state index contributed by atoms with van der Waals surface area (Å²) in [5.74, 6) is 0.500.